The van der Waals surface area contributed by atoms with Crippen LogP contribution in [-0.2, 0) is 0 Å². The van der Waals surface area contributed by atoms with Gasteiger partial charge in [-0.05, 0) is 50.3 Å². The molecule has 1 saturated heterocycles. The van der Waals surface area contributed by atoms with Gasteiger partial charge >= 0.3 is 0 Å². The highest BCUT2D eigenvalue weighted by Gasteiger charge is 2.28. The number of benzene rings is 1. The van der Waals surface area contributed by atoms with Crippen LogP contribution in [0.3, 0.4) is 0 Å². The summed E-state index contributed by atoms with van der Waals surface area (Å²) in [4.78, 5) is 14.6. The van der Waals surface area contributed by atoms with Gasteiger partial charge in [0.25, 0.3) is 5.91 Å². The average molecular weight is 345 g/mol. The molecule has 2 nitrogen and oxygen atoms in total. The number of nitrogens with zero attached hydrogens (tertiary/aromatic N) is 1. The predicted molar refractivity (Wildman–Crippen MR) is 82.9 cm³/mol. The van der Waals surface area contributed by atoms with Crippen molar-refractivity contribution in [3.05, 3.63) is 33.8 Å². The number of amides is 1. The fraction of sp³-hybridized carbons (Fsp3) is 0.533. The molecule has 1 unspecified atom stereocenters. The van der Waals surface area contributed by atoms with Crippen LogP contribution >= 0.6 is 27.5 Å². The second kappa shape index (κ2) is 6.76. The lowest BCUT2D eigenvalue weighted by molar-refractivity contribution is 0.0730. The molecule has 0 spiro atoms. The van der Waals surface area contributed by atoms with Crippen LogP contribution in [0.1, 0.15) is 41.6 Å². The Balaban J connectivity index is 2.11. The van der Waals surface area contributed by atoms with Crippen LogP contribution in [0.25, 0.3) is 0 Å². The van der Waals surface area contributed by atoms with Crippen LogP contribution in [0.5, 0.6) is 0 Å². The highest BCUT2D eigenvalue weighted by atomic mass is 79.9. The van der Waals surface area contributed by atoms with Gasteiger partial charge in [-0.1, -0.05) is 22.0 Å². The topological polar surface area (TPSA) is 20.3 Å². The quantitative estimate of drug-likeness (QED) is 0.742. The molecule has 19 heavy (non-hydrogen) atoms. The van der Waals surface area contributed by atoms with Gasteiger partial charge in [0.2, 0.25) is 0 Å². The molecule has 4 heteroatoms. The highest BCUT2D eigenvalue weighted by Crippen LogP contribution is 2.25. The minimum absolute atomic E-state index is 0.151. The summed E-state index contributed by atoms with van der Waals surface area (Å²) in [6.07, 6.45) is 4.21. The van der Waals surface area contributed by atoms with E-state index in [1.807, 2.05) is 30.0 Å². The molecule has 1 aliphatic rings. The lowest BCUT2D eigenvalue weighted by atomic mass is 10.1. The number of likely N-dealkylation sites (tertiary alicyclic amines) is 1. The van der Waals surface area contributed by atoms with E-state index in [1.54, 1.807) is 0 Å². The number of hydrogen-bond acceptors (Lipinski definition) is 1. The number of aryl methyl sites for hydroxylation is 1. The maximum Gasteiger partial charge on any atom is 0.254 e. The van der Waals surface area contributed by atoms with Crippen LogP contribution in [-0.4, -0.2) is 29.3 Å². The molecule has 1 aromatic rings. The van der Waals surface area contributed by atoms with E-state index in [4.69, 9.17) is 11.6 Å². The zero-order valence-corrected chi connectivity index (χ0v) is 13.5. The third-order valence-corrected chi connectivity index (χ3v) is 4.85. The number of alkyl halides is 1. The third kappa shape index (κ3) is 3.51. The Morgan fingerprint density at radius 2 is 2.32 bits per heavy atom. The van der Waals surface area contributed by atoms with Gasteiger partial charge in [0.05, 0.1) is 0 Å². The molecular weight excluding hydrogens is 326 g/mol. The Morgan fingerprint density at radius 3 is 3.00 bits per heavy atom. The summed E-state index contributed by atoms with van der Waals surface area (Å²) in [5.74, 6) is 0.826. The van der Waals surface area contributed by atoms with Gasteiger partial charge in [0.1, 0.15) is 0 Å². The maximum atomic E-state index is 12.6. The van der Waals surface area contributed by atoms with Crippen molar-refractivity contribution < 1.29 is 4.79 Å². The van der Waals surface area contributed by atoms with Gasteiger partial charge in [0, 0.05) is 28.5 Å². The van der Waals surface area contributed by atoms with Gasteiger partial charge in [-0.15, -0.1) is 11.6 Å². The van der Waals surface area contributed by atoms with E-state index < -0.39 is 0 Å². The number of carbonyl (C=O) groups is 1. The van der Waals surface area contributed by atoms with Crippen LogP contribution in [0.4, 0.5) is 0 Å². The summed E-state index contributed by atoms with van der Waals surface area (Å²) in [5.41, 5.74) is 1.92. The zero-order chi connectivity index (χ0) is 13.8. The summed E-state index contributed by atoms with van der Waals surface area (Å²) < 4.78 is 0.995. The van der Waals surface area contributed by atoms with Gasteiger partial charge < -0.3 is 4.90 Å². The molecule has 0 bridgehead atoms. The van der Waals surface area contributed by atoms with Crippen LogP contribution in [0.15, 0.2) is 22.7 Å². The monoisotopic (exact) mass is 343 g/mol. The van der Waals surface area contributed by atoms with E-state index in [1.165, 1.54) is 0 Å². The molecule has 0 N–H and O–H groups in total. The molecule has 1 heterocycles. The number of hydrogen-bond donors (Lipinski definition) is 0. The first-order chi connectivity index (χ1) is 9.13. The molecule has 1 aliphatic heterocycles. The first kappa shape index (κ1) is 14.9. The fourth-order valence-electron chi connectivity index (χ4n) is 2.61. The Kier molecular flexibility index (Phi) is 5.28. The van der Waals surface area contributed by atoms with E-state index in [9.17, 15) is 4.79 Å². The third-order valence-electron chi connectivity index (χ3n) is 3.73. The second-order valence-corrected chi connectivity index (χ2v) is 6.32. The SMILES string of the molecule is Cc1ccc(C(=O)N2CCCC2CCCCl)cc1Br. The molecule has 1 atom stereocenters. The van der Waals surface area contributed by atoms with E-state index in [0.717, 1.165) is 47.8 Å². The minimum atomic E-state index is 0.151. The number of rotatable bonds is 4. The van der Waals surface area contributed by atoms with Crippen LogP contribution < -0.4 is 0 Å². The van der Waals surface area contributed by atoms with Crippen molar-refractivity contribution in [2.45, 2.75) is 38.6 Å². The molecule has 0 saturated carbocycles. The summed E-state index contributed by atoms with van der Waals surface area (Å²) >= 11 is 9.24. The van der Waals surface area contributed by atoms with Crippen molar-refractivity contribution in [3.63, 3.8) is 0 Å². The van der Waals surface area contributed by atoms with Gasteiger partial charge in [-0.2, -0.15) is 0 Å². The van der Waals surface area contributed by atoms with Crippen molar-refractivity contribution in [3.8, 4) is 0 Å². The first-order valence-corrected chi connectivity index (χ1v) is 8.09. The zero-order valence-electron chi connectivity index (χ0n) is 11.2. The lowest BCUT2D eigenvalue weighted by Crippen LogP contribution is -2.35. The number of halogens is 2. The van der Waals surface area contributed by atoms with E-state index >= 15 is 0 Å². The Hall–Kier alpha value is -0.540. The first-order valence-electron chi connectivity index (χ1n) is 6.76. The summed E-state index contributed by atoms with van der Waals surface area (Å²) in [6.45, 7) is 2.90. The van der Waals surface area contributed by atoms with Crippen molar-refractivity contribution in [2.24, 2.45) is 0 Å². The van der Waals surface area contributed by atoms with Gasteiger partial charge in [-0.3, -0.25) is 4.79 Å². The molecule has 1 aromatic carbocycles. The van der Waals surface area contributed by atoms with Crippen molar-refractivity contribution in [2.75, 3.05) is 12.4 Å². The maximum absolute atomic E-state index is 12.6. The smallest absolute Gasteiger partial charge is 0.254 e. The van der Waals surface area contributed by atoms with Gasteiger partial charge in [-0.25, -0.2) is 0 Å². The number of carbonyl (C=O) groups excluding carboxylic acids is 1. The van der Waals surface area contributed by atoms with Crippen molar-refractivity contribution in [1.29, 1.82) is 0 Å². The summed E-state index contributed by atoms with van der Waals surface area (Å²) in [6, 6.07) is 6.20. The fourth-order valence-corrected chi connectivity index (χ4v) is 3.14. The van der Waals surface area contributed by atoms with E-state index in [-0.39, 0.29) is 5.91 Å². The summed E-state index contributed by atoms with van der Waals surface area (Å²) in [5, 5.41) is 0. The molecule has 1 fully saturated rings. The van der Waals surface area contributed by atoms with Crippen LogP contribution in [0.2, 0.25) is 0 Å². The van der Waals surface area contributed by atoms with Gasteiger partial charge in [0.15, 0.2) is 0 Å². The average Bonchev–Trinajstić information content (AvgIpc) is 2.87. The molecule has 104 valence electrons. The van der Waals surface area contributed by atoms with Crippen LogP contribution in [0, 0.1) is 6.92 Å². The molecule has 0 radical (unpaired) electrons. The molecule has 0 aliphatic carbocycles. The largest absolute Gasteiger partial charge is 0.336 e. The van der Waals surface area contributed by atoms with Crippen molar-refractivity contribution >= 4 is 33.4 Å². The Morgan fingerprint density at radius 1 is 1.53 bits per heavy atom. The Bertz CT molecular complexity index is 463. The second-order valence-electron chi connectivity index (χ2n) is 5.09. The van der Waals surface area contributed by atoms with E-state index in [0.29, 0.717) is 11.9 Å². The standard InChI is InChI=1S/C15H19BrClNO/c1-11-6-7-12(10-14(11)16)15(19)18-9-3-5-13(18)4-2-8-17/h6-7,10,13H,2-5,8-9H2,1H3. The predicted octanol–water partition coefficient (Wildman–Crippen LogP) is 4.38. The minimum Gasteiger partial charge on any atom is -0.336 e. The lowest BCUT2D eigenvalue weighted by Gasteiger charge is -2.24. The highest BCUT2D eigenvalue weighted by molar-refractivity contribution is 9.10. The molecule has 0 aromatic heterocycles. The molecule has 1 amide bonds. The van der Waals surface area contributed by atoms with Crippen molar-refractivity contribution in [1.82, 2.24) is 4.90 Å². The summed E-state index contributed by atoms with van der Waals surface area (Å²) in [7, 11) is 0. The normalized spacial score (nSPS) is 18.9. The van der Waals surface area contributed by atoms with E-state index in [2.05, 4.69) is 15.9 Å². The molecular formula is C15H19BrClNO. The Labute approximate surface area is 128 Å². The molecule has 2 rings (SSSR count).